The molecule has 1 aromatic heterocycles. The molecule has 5 rings (SSSR count). The summed E-state index contributed by atoms with van der Waals surface area (Å²) < 4.78 is 6.31. The van der Waals surface area contributed by atoms with Gasteiger partial charge in [-0.05, 0) is 54.8 Å². The monoisotopic (exact) mass is 526 g/mol. The molecule has 0 aliphatic carbocycles. The molecule has 202 valence electrons. The zero-order valence-corrected chi connectivity index (χ0v) is 22.4. The average Bonchev–Trinajstić information content (AvgIpc) is 3.34. The van der Waals surface area contributed by atoms with Crippen LogP contribution in [0.3, 0.4) is 0 Å². The average molecular weight is 527 g/mol. The number of carbonyl (C=O) groups is 3. The number of likely N-dealkylation sites (tertiary alicyclic amines) is 1. The SMILES string of the molecule is CCc1ccc(C(=O)N2CCC3(CC2)OC[C@@H](C(=O)NCc2cccnc2)N3C(=O)c2cccc(C)c2)cc1. The first kappa shape index (κ1) is 26.6. The Morgan fingerprint density at radius 3 is 2.41 bits per heavy atom. The minimum absolute atomic E-state index is 0.0344. The Bertz CT molecular complexity index is 1330. The number of nitrogens with one attached hydrogen (secondary N) is 1. The van der Waals surface area contributed by atoms with Crippen molar-refractivity contribution in [1.29, 1.82) is 0 Å². The van der Waals surface area contributed by atoms with Gasteiger partial charge in [-0.15, -0.1) is 0 Å². The number of piperidine rings is 1. The number of hydrogen-bond donors (Lipinski definition) is 1. The van der Waals surface area contributed by atoms with Gasteiger partial charge in [-0.2, -0.15) is 0 Å². The minimum atomic E-state index is -0.958. The quantitative estimate of drug-likeness (QED) is 0.528. The zero-order valence-electron chi connectivity index (χ0n) is 22.4. The van der Waals surface area contributed by atoms with Crippen LogP contribution >= 0.6 is 0 Å². The summed E-state index contributed by atoms with van der Waals surface area (Å²) >= 11 is 0. The molecule has 2 aliphatic heterocycles. The van der Waals surface area contributed by atoms with E-state index in [0.29, 0.717) is 43.6 Å². The molecule has 8 nitrogen and oxygen atoms in total. The van der Waals surface area contributed by atoms with E-state index in [1.54, 1.807) is 28.3 Å². The van der Waals surface area contributed by atoms with Crippen LogP contribution in [-0.4, -0.2) is 64.0 Å². The highest BCUT2D eigenvalue weighted by molar-refractivity contribution is 5.99. The summed E-state index contributed by atoms with van der Waals surface area (Å²) in [5, 5.41) is 2.95. The van der Waals surface area contributed by atoms with Crippen LogP contribution in [0.1, 0.15) is 57.2 Å². The second-order valence-corrected chi connectivity index (χ2v) is 10.2. The number of amides is 3. The van der Waals surface area contributed by atoms with Crippen LogP contribution in [-0.2, 0) is 22.5 Å². The van der Waals surface area contributed by atoms with Crippen molar-refractivity contribution in [3.05, 3.63) is 101 Å². The smallest absolute Gasteiger partial charge is 0.256 e. The van der Waals surface area contributed by atoms with Gasteiger partial charge in [0.1, 0.15) is 11.8 Å². The molecule has 3 amide bonds. The van der Waals surface area contributed by atoms with Crippen LogP contribution in [0.4, 0.5) is 0 Å². The third-order valence-corrected chi connectivity index (χ3v) is 7.68. The highest BCUT2D eigenvalue weighted by atomic mass is 16.5. The van der Waals surface area contributed by atoms with Crippen molar-refractivity contribution in [2.45, 2.75) is 51.4 Å². The normalized spacial score (nSPS) is 18.3. The predicted molar refractivity (Wildman–Crippen MR) is 147 cm³/mol. The molecule has 0 radical (unpaired) electrons. The largest absolute Gasteiger partial charge is 0.353 e. The van der Waals surface area contributed by atoms with Gasteiger partial charge in [0.15, 0.2) is 0 Å². The van der Waals surface area contributed by atoms with Gasteiger partial charge in [0.2, 0.25) is 5.91 Å². The molecule has 1 spiro atoms. The maximum Gasteiger partial charge on any atom is 0.256 e. The molecular weight excluding hydrogens is 492 g/mol. The first-order valence-electron chi connectivity index (χ1n) is 13.5. The van der Waals surface area contributed by atoms with Gasteiger partial charge in [-0.3, -0.25) is 24.3 Å². The Morgan fingerprint density at radius 1 is 0.974 bits per heavy atom. The summed E-state index contributed by atoms with van der Waals surface area (Å²) in [5.41, 5.74) is 3.22. The van der Waals surface area contributed by atoms with Crippen LogP contribution < -0.4 is 5.32 Å². The van der Waals surface area contributed by atoms with Crippen molar-refractivity contribution in [3.8, 4) is 0 Å². The van der Waals surface area contributed by atoms with E-state index in [-0.39, 0.29) is 24.3 Å². The number of carbonyl (C=O) groups excluding carboxylic acids is 3. The second kappa shape index (κ2) is 11.4. The molecule has 1 atom stereocenters. The summed E-state index contributed by atoms with van der Waals surface area (Å²) in [4.78, 5) is 48.1. The fourth-order valence-corrected chi connectivity index (χ4v) is 5.42. The van der Waals surface area contributed by atoms with Crippen molar-refractivity contribution < 1.29 is 19.1 Å². The number of ether oxygens (including phenoxy) is 1. The van der Waals surface area contributed by atoms with Gasteiger partial charge in [0.25, 0.3) is 11.8 Å². The van der Waals surface area contributed by atoms with Crippen molar-refractivity contribution >= 4 is 17.7 Å². The molecule has 0 bridgehead atoms. The Kier molecular flexibility index (Phi) is 7.74. The third kappa shape index (κ3) is 5.56. The van der Waals surface area contributed by atoms with Gasteiger partial charge in [-0.1, -0.05) is 42.8 Å². The number of rotatable bonds is 6. The van der Waals surface area contributed by atoms with E-state index < -0.39 is 11.8 Å². The number of nitrogens with zero attached hydrogens (tertiary/aromatic N) is 3. The highest BCUT2D eigenvalue weighted by Gasteiger charge is 2.54. The molecule has 2 fully saturated rings. The summed E-state index contributed by atoms with van der Waals surface area (Å²) in [6.45, 7) is 5.28. The number of benzene rings is 2. The molecule has 0 saturated carbocycles. The standard InChI is InChI=1S/C31H34N4O4/c1-3-23-9-11-25(12-10-23)29(37)34-16-13-31(14-17-34)35(30(38)26-8-4-6-22(2)18-26)27(21-39-31)28(36)33-20-24-7-5-15-32-19-24/h4-12,15,18-19,27H,3,13-14,16-17,20-21H2,1-2H3,(H,33,36)/t27-/m0/s1. The van der Waals surface area contributed by atoms with Crippen molar-refractivity contribution in [2.75, 3.05) is 19.7 Å². The summed E-state index contributed by atoms with van der Waals surface area (Å²) in [6, 6.07) is 18.0. The Labute approximate surface area is 229 Å². The van der Waals surface area contributed by atoms with Crippen molar-refractivity contribution in [3.63, 3.8) is 0 Å². The molecule has 3 aromatic rings. The van der Waals surface area contributed by atoms with Crippen LogP contribution in [0.2, 0.25) is 0 Å². The van der Waals surface area contributed by atoms with Crippen molar-refractivity contribution in [2.24, 2.45) is 0 Å². The van der Waals surface area contributed by atoms with E-state index in [1.165, 1.54) is 5.56 Å². The molecule has 39 heavy (non-hydrogen) atoms. The van der Waals surface area contributed by atoms with E-state index in [2.05, 4.69) is 17.2 Å². The third-order valence-electron chi connectivity index (χ3n) is 7.68. The summed E-state index contributed by atoms with van der Waals surface area (Å²) in [5.74, 6) is -0.549. The number of pyridine rings is 1. The lowest BCUT2D eigenvalue weighted by Crippen LogP contribution is -2.59. The Hall–Kier alpha value is -4.04. The van der Waals surface area contributed by atoms with Crippen LogP contribution in [0.15, 0.2) is 73.1 Å². The zero-order chi connectivity index (χ0) is 27.4. The van der Waals surface area contributed by atoms with Crippen LogP contribution in [0, 0.1) is 6.92 Å². The van der Waals surface area contributed by atoms with E-state index in [1.807, 2.05) is 61.5 Å². The molecule has 2 aromatic carbocycles. The van der Waals surface area contributed by atoms with E-state index in [4.69, 9.17) is 4.74 Å². The lowest BCUT2D eigenvalue weighted by molar-refractivity contribution is -0.128. The first-order valence-corrected chi connectivity index (χ1v) is 13.5. The fraction of sp³-hybridized carbons (Fsp3) is 0.355. The number of aryl methyl sites for hydroxylation is 2. The van der Waals surface area contributed by atoms with Gasteiger partial charge < -0.3 is 15.0 Å². The molecule has 2 saturated heterocycles. The summed E-state index contributed by atoms with van der Waals surface area (Å²) in [7, 11) is 0. The topological polar surface area (TPSA) is 91.8 Å². The van der Waals surface area contributed by atoms with E-state index >= 15 is 0 Å². The minimum Gasteiger partial charge on any atom is -0.353 e. The fourth-order valence-electron chi connectivity index (χ4n) is 5.42. The second-order valence-electron chi connectivity index (χ2n) is 10.2. The van der Waals surface area contributed by atoms with Crippen LogP contribution in [0.5, 0.6) is 0 Å². The molecule has 1 N–H and O–H groups in total. The summed E-state index contributed by atoms with van der Waals surface area (Å²) in [6.07, 6.45) is 5.15. The molecule has 0 unspecified atom stereocenters. The van der Waals surface area contributed by atoms with Gasteiger partial charge in [0.05, 0.1) is 6.61 Å². The first-order chi connectivity index (χ1) is 18.9. The molecule has 3 heterocycles. The van der Waals surface area contributed by atoms with E-state index in [0.717, 1.165) is 17.5 Å². The van der Waals surface area contributed by atoms with Gasteiger partial charge >= 0.3 is 0 Å². The molecular formula is C31H34N4O4. The number of hydrogen-bond acceptors (Lipinski definition) is 5. The lowest BCUT2D eigenvalue weighted by atomic mass is 9.95. The molecule has 2 aliphatic rings. The van der Waals surface area contributed by atoms with Gasteiger partial charge in [-0.25, -0.2) is 0 Å². The Morgan fingerprint density at radius 2 is 1.74 bits per heavy atom. The maximum absolute atomic E-state index is 13.9. The maximum atomic E-state index is 13.9. The Balaban J connectivity index is 1.35. The van der Waals surface area contributed by atoms with Gasteiger partial charge in [0, 0.05) is 56.0 Å². The van der Waals surface area contributed by atoms with Crippen LogP contribution in [0.25, 0.3) is 0 Å². The predicted octanol–water partition coefficient (Wildman–Crippen LogP) is 3.74. The number of aromatic nitrogens is 1. The van der Waals surface area contributed by atoms with E-state index in [9.17, 15) is 14.4 Å². The van der Waals surface area contributed by atoms with Crippen molar-refractivity contribution in [1.82, 2.24) is 20.1 Å². The highest BCUT2D eigenvalue weighted by Crippen LogP contribution is 2.39. The lowest BCUT2D eigenvalue weighted by Gasteiger charge is -2.44. The molecule has 8 heteroatoms.